The molecular formula is C27H40N5O4S. The summed E-state index contributed by atoms with van der Waals surface area (Å²) in [7, 11) is 0. The van der Waals surface area contributed by atoms with Crippen molar-refractivity contribution in [2.24, 2.45) is 0 Å². The molecule has 2 saturated heterocycles. The Hall–Kier alpha value is -2.72. The summed E-state index contributed by atoms with van der Waals surface area (Å²) in [5.41, 5.74) is 9.90. The van der Waals surface area contributed by atoms with Crippen LogP contribution in [0.5, 0.6) is 0 Å². The molecule has 2 heterocycles. The van der Waals surface area contributed by atoms with Gasteiger partial charge in [-0.05, 0) is 50.5 Å². The fourth-order valence-electron chi connectivity index (χ4n) is 4.48. The highest BCUT2D eigenvalue weighted by Crippen LogP contribution is 2.33. The van der Waals surface area contributed by atoms with Crippen LogP contribution in [-0.4, -0.2) is 60.1 Å². The van der Waals surface area contributed by atoms with Crippen molar-refractivity contribution < 1.29 is 19.1 Å². The molecule has 1 aromatic rings. The molecule has 9 nitrogen and oxygen atoms in total. The van der Waals surface area contributed by atoms with Gasteiger partial charge in [-0.3, -0.25) is 9.59 Å². The molecule has 37 heavy (non-hydrogen) atoms. The summed E-state index contributed by atoms with van der Waals surface area (Å²) < 4.78 is 5.19. The van der Waals surface area contributed by atoms with Crippen LogP contribution in [0.2, 0.25) is 0 Å². The molecule has 0 bridgehead atoms. The van der Waals surface area contributed by atoms with E-state index in [1.165, 1.54) is 0 Å². The predicted molar refractivity (Wildman–Crippen MR) is 146 cm³/mol. The van der Waals surface area contributed by atoms with E-state index in [0.29, 0.717) is 11.8 Å². The second kappa shape index (κ2) is 15.5. The molecule has 0 spiro atoms. The van der Waals surface area contributed by atoms with Crippen molar-refractivity contribution in [3.8, 4) is 0 Å². The van der Waals surface area contributed by atoms with Gasteiger partial charge in [0.1, 0.15) is 12.6 Å². The SMILES string of the molecule is C=C(CCCC1SCC2NC(=O)NC21)NCCCCCNC(=O)C([NH])CCC(=O)OCc1ccccc1. The highest BCUT2D eigenvalue weighted by molar-refractivity contribution is 8.00. The van der Waals surface area contributed by atoms with Gasteiger partial charge in [0.25, 0.3) is 0 Å². The monoisotopic (exact) mass is 530 g/mol. The normalized spacial score (nSPS) is 20.9. The van der Waals surface area contributed by atoms with Crippen molar-refractivity contribution in [3.05, 3.63) is 48.2 Å². The third-order valence-electron chi connectivity index (χ3n) is 6.63. The molecule has 4 atom stereocenters. The van der Waals surface area contributed by atoms with E-state index in [0.717, 1.165) is 62.1 Å². The van der Waals surface area contributed by atoms with Crippen LogP contribution >= 0.6 is 11.8 Å². The number of hydrogen-bond donors (Lipinski definition) is 4. The molecule has 0 saturated carbocycles. The number of amides is 3. The van der Waals surface area contributed by atoms with Crippen molar-refractivity contribution in [2.75, 3.05) is 18.8 Å². The number of esters is 1. The van der Waals surface area contributed by atoms with E-state index in [-0.39, 0.29) is 43.5 Å². The Kier molecular flexibility index (Phi) is 12.1. The maximum atomic E-state index is 12.1. The Morgan fingerprint density at radius 1 is 1.08 bits per heavy atom. The van der Waals surface area contributed by atoms with Gasteiger partial charge in [-0.2, -0.15) is 11.8 Å². The average Bonchev–Trinajstić information content (AvgIpc) is 3.45. The van der Waals surface area contributed by atoms with Gasteiger partial charge in [0.15, 0.2) is 0 Å². The number of allylic oxidation sites excluding steroid dienone is 1. The summed E-state index contributed by atoms with van der Waals surface area (Å²) in [6.45, 7) is 5.70. The van der Waals surface area contributed by atoms with Crippen LogP contribution in [0, 0.1) is 0 Å². The summed E-state index contributed by atoms with van der Waals surface area (Å²) >= 11 is 1.94. The van der Waals surface area contributed by atoms with Crippen LogP contribution in [0.4, 0.5) is 4.79 Å². The number of benzene rings is 1. The van der Waals surface area contributed by atoms with Gasteiger partial charge in [0.05, 0.1) is 12.1 Å². The number of carbonyl (C=O) groups excluding carboxylic acids is 3. The largest absolute Gasteiger partial charge is 0.461 e. The maximum absolute atomic E-state index is 12.1. The summed E-state index contributed by atoms with van der Waals surface area (Å²) in [6.07, 6.45) is 6.03. The zero-order valence-corrected chi connectivity index (χ0v) is 22.2. The van der Waals surface area contributed by atoms with E-state index < -0.39 is 12.0 Å². The van der Waals surface area contributed by atoms with Crippen LogP contribution in [0.3, 0.4) is 0 Å². The van der Waals surface area contributed by atoms with E-state index in [4.69, 9.17) is 10.5 Å². The first-order chi connectivity index (χ1) is 17.9. The van der Waals surface area contributed by atoms with Crippen LogP contribution in [-0.2, 0) is 20.9 Å². The number of ether oxygens (including phenoxy) is 1. The molecule has 0 aromatic heterocycles. The molecule has 3 amide bonds. The van der Waals surface area contributed by atoms with Gasteiger partial charge < -0.3 is 26.0 Å². The highest BCUT2D eigenvalue weighted by atomic mass is 32.2. The van der Waals surface area contributed by atoms with Gasteiger partial charge in [0.2, 0.25) is 5.91 Å². The van der Waals surface area contributed by atoms with Crippen molar-refractivity contribution in [1.82, 2.24) is 27.0 Å². The number of rotatable bonds is 17. The summed E-state index contributed by atoms with van der Waals surface area (Å²) in [6, 6.07) is 8.93. The second-order valence-corrected chi connectivity index (χ2v) is 10.9. The number of hydrogen-bond acceptors (Lipinski definition) is 6. The lowest BCUT2D eigenvalue weighted by atomic mass is 10.0. The van der Waals surface area contributed by atoms with Crippen molar-refractivity contribution in [1.29, 1.82) is 0 Å². The lowest BCUT2D eigenvalue weighted by Crippen LogP contribution is -2.36. The van der Waals surface area contributed by atoms with E-state index in [1.807, 2.05) is 42.1 Å². The first-order valence-electron chi connectivity index (χ1n) is 13.2. The lowest BCUT2D eigenvalue weighted by Gasteiger charge is -2.17. The Morgan fingerprint density at radius 3 is 2.62 bits per heavy atom. The van der Waals surface area contributed by atoms with E-state index in [2.05, 4.69) is 27.8 Å². The number of carbonyl (C=O) groups is 3. The minimum Gasteiger partial charge on any atom is -0.461 e. The molecule has 5 N–H and O–H groups in total. The van der Waals surface area contributed by atoms with Gasteiger partial charge >= 0.3 is 12.0 Å². The van der Waals surface area contributed by atoms with Gasteiger partial charge in [-0.15, -0.1) is 0 Å². The Labute approximate surface area is 224 Å². The van der Waals surface area contributed by atoms with E-state index >= 15 is 0 Å². The molecule has 203 valence electrons. The van der Waals surface area contributed by atoms with Crippen molar-refractivity contribution in [3.63, 3.8) is 0 Å². The number of fused-ring (bicyclic) bond motifs is 1. The molecule has 10 heteroatoms. The molecule has 1 radical (unpaired) electrons. The summed E-state index contributed by atoms with van der Waals surface area (Å²) in [5.74, 6) is 0.246. The second-order valence-electron chi connectivity index (χ2n) is 9.63. The Morgan fingerprint density at radius 2 is 1.84 bits per heavy atom. The lowest BCUT2D eigenvalue weighted by molar-refractivity contribution is -0.145. The molecule has 2 fully saturated rings. The molecule has 3 rings (SSSR count). The smallest absolute Gasteiger partial charge is 0.315 e. The van der Waals surface area contributed by atoms with Crippen LogP contribution in [0.25, 0.3) is 0 Å². The van der Waals surface area contributed by atoms with Crippen LogP contribution in [0.1, 0.15) is 56.9 Å². The topological polar surface area (TPSA) is 132 Å². The third kappa shape index (κ3) is 10.3. The van der Waals surface area contributed by atoms with Gasteiger partial charge in [-0.1, -0.05) is 36.9 Å². The maximum Gasteiger partial charge on any atom is 0.315 e. The molecule has 2 aliphatic rings. The molecule has 1 aromatic carbocycles. The first-order valence-corrected chi connectivity index (χ1v) is 14.3. The fourth-order valence-corrected chi connectivity index (χ4v) is 6.02. The molecule has 0 aliphatic carbocycles. The average molecular weight is 531 g/mol. The minimum atomic E-state index is -0.969. The van der Waals surface area contributed by atoms with Crippen molar-refractivity contribution >= 4 is 29.7 Å². The number of thioether (sulfide) groups is 1. The summed E-state index contributed by atoms with van der Waals surface area (Å²) in [4.78, 5) is 35.4. The van der Waals surface area contributed by atoms with Crippen LogP contribution < -0.4 is 27.0 Å². The number of urea groups is 1. The predicted octanol–water partition coefficient (Wildman–Crippen LogP) is 2.89. The van der Waals surface area contributed by atoms with Crippen molar-refractivity contribution in [2.45, 2.75) is 81.3 Å². The standard InChI is InChI=1S/C27H40N5O4S/c1-19(9-8-12-23-25-22(18-37-23)31-27(35)32-25)29-15-6-3-7-16-30-26(34)21(28)13-14-24(33)36-17-20-10-4-2-5-11-20/h2,4-5,10-11,21-23,25,28-29H,1,3,6-9,12-18H2,(H,30,34)(H2,31,32,35). The summed E-state index contributed by atoms with van der Waals surface area (Å²) in [5, 5.41) is 12.7. The van der Waals surface area contributed by atoms with Gasteiger partial charge in [0, 0.05) is 36.2 Å². The quantitative estimate of drug-likeness (QED) is 0.139. The highest BCUT2D eigenvalue weighted by Gasteiger charge is 2.42. The number of nitrogens with one attached hydrogen (secondary N) is 5. The number of unbranched alkanes of at least 4 members (excludes halogenated alkanes) is 2. The van der Waals surface area contributed by atoms with E-state index in [1.54, 1.807) is 0 Å². The Balaban J connectivity index is 1.12. The first kappa shape index (κ1) is 28.8. The zero-order chi connectivity index (χ0) is 26.5. The molecular weight excluding hydrogens is 490 g/mol. The molecule has 2 aliphatic heterocycles. The van der Waals surface area contributed by atoms with Gasteiger partial charge in [-0.25, -0.2) is 10.5 Å². The fraction of sp³-hybridized carbons (Fsp3) is 0.593. The van der Waals surface area contributed by atoms with E-state index in [9.17, 15) is 14.4 Å². The molecule has 4 unspecified atom stereocenters. The third-order valence-corrected chi connectivity index (χ3v) is 8.14. The zero-order valence-electron chi connectivity index (χ0n) is 21.4. The Bertz CT molecular complexity index is 900. The van der Waals surface area contributed by atoms with Crippen LogP contribution in [0.15, 0.2) is 42.6 Å². The minimum absolute atomic E-state index is 0.0396.